The lowest BCUT2D eigenvalue weighted by Crippen LogP contribution is -2.48. The number of nitrogens with zero attached hydrogens (tertiary/aromatic N) is 2. The molecule has 1 aliphatic heterocycles. The number of aromatic nitrogens is 1. The van der Waals surface area contributed by atoms with E-state index in [1.807, 2.05) is 30.3 Å². The Bertz CT molecular complexity index is 1450. The van der Waals surface area contributed by atoms with E-state index >= 15 is 0 Å². The maximum Gasteiger partial charge on any atom is 0.256 e. The van der Waals surface area contributed by atoms with Gasteiger partial charge < -0.3 is 15.2 Å². The third-order valence-electron chi connectivity index (χ3n) is 6.78. The van der Waals surface area contributed by atoms with Crippen LogP contribution in [0, 0.1) is 5.82 Å². The molecule has 1 saturated heterocycles. The number of rotatable bonds is 4. The molecule has 0 saturated carbocycles. The van der Waals surface area contributed by atoms with Gasteiger partial charge in [-0.15, -0.1) is 0 Å². The summed E-state index contributed by atoms with van der Waals surface area (Å²) >= 11 is 0. The van der Waals surface area contributed by atoms with Gasteiger partial charge in [0.2, 0.25) is 5.91 Å². The number of nitrogens with one attached hydrogen (secondary N) is 2. The van der Waals surface area contributed by atoms with E-state index in [0.29, 0.717) is 18.4 Å². The molecule has 1 amide bonds. The van der Waals surface area contributed by atoms with Crippen molar-refractivity contribution >= 4 is 39.0 Å². The Hall–Kier alpha value is -3.71. The van der Waals surface area contributed by atoms with Gasteiger partial charge in [0, 0.05) is 65.6 Å². The van der Waals surface area contributed by atoms with Crippen molar-refractivity contribution in [1.82, 2.24) is 9.88 Å². The molecule has 1 fully saturated rings. The van der Waals surface area contributed by atoms with Crippen molar-refractivity contribution in [1.29, 1.82) is 0 Å². The summed E-state index contributed by atoms with van der Waals surface area (Å²) in [7, 11) is 0. The highest BCUT2D eigenvalue weighted by atomic mass is 19.1. The molecule has 0 spiro atoms. The van der Waals surface area contributed by atoms with Crippen molar-refractivity contribution in [2.45, 2.75) is 6.42 Å². The minimum Gasteiger partial charge on any atom is -0.369 e. The van der Waals surface area contributed by atoms with Crippen LogP contribution in [0.25, 0.3) is 21.7 Å². The van der Waals surface area contributed by atoms with Gasteiger partial charge >= 0.3 is 0 Å². The Morgan fingerprint density at radius 1 is 0.970 bits per heavy atom. The number of pyridine rings is 1. The SMILES string of the molecule is O=C(CN1CCN(c2ccc(F)cc2)CC1)Nc1ccc2[nH]c(=O)c3cccc4c3c2c1C4. The number of carbonyl (C=O) groups excluding carboxylic acids is 1. The van der Waals surface area contributed by atoms with Gasteiger partial charge in [0.05, 0.1) is 6.54 Å². The van der Waals surface area contributed by atoms with E-state index in [1.165, 1.54) is 12.1 Å². The largest absolute Gasteiger partial charge is 0.369 e. The molecule has 6 rings (SSSR count). The highest BCUT2D eigenvalue weighted by Crippen LogP contribution is 2.39. The van der Waals surface area contributed by atoms with Gasteiger partial charge in [0.15, 0.2) is 0 Å². The van der Waals surface area contributed by atoms with Gasteiger partial charge in [-0.1, -0.05) is 12.1 Å². The van der Waals surface area contributed by atoms with Crippen LogP contribution in [-0.4, -0.2) is 48.5 Å². The number of hydrogen-bond donors (Lipinski definition) is 2. The topological polar surface area (TPSA) is 68.4 Å². The molecule has 7 heteroatoms. The molecule has 4 aromatic rings. The van der Waals surface area contributed by atoms with Gasteiger partial charge in [-0.3, -0.25) is 14.5 Å². The lowest BCUT2D eigenvalue weighted by molar-refractivity contribution is -0.117. The summed E-state index contributed by atoms with van der Waals surface area (Å²) in [4.78, 5) is 32.6. The second-order valence-corrected chi connectivity index (χ2v) is 8.77. The van der Waals surface area contributed by atoms with Crippen LogP contribution in [0.1, 0.15) is 11.1 Å². The van der Waals surface area contributed by atoms with Crippen LogP contribution in [0.15, 0.2) is 59.4 Å². The van der Waals surface area contributed by atoms with Crippen LogP contribution in [0.5, 0.6) is 0 Å². The van der Waals surface area contributed by atoms with Crippen molar-refractivity contribution in [3.8, 4) is 0 Å². The Morgan fingerprint density at radius 2 is 1.76 bits per heavy atom. The Kier molecular flexibility index (Phi) is 4.66. The van der Waals surface area contributed by atoms with E-state index < -0.39 is 0 Å². The molecule has 166 valence electrons. The highest BCUT2D eigenvalue weighted by molar-refractivity contribution is 6.14. The smallest absolute Gasteiger partial charge is 0.256 e. The van der Waals surface area contributed by atoms with Crippen LogP contribution >= 0.6 is 0 Å². The minimum atomic E-state index is -0.235. The van der Waals surface area contributed by atoms with Gasteiger partial charge in [0.25, 0.3) is 5.56 Å². The molecule has 0 radical (unpaired) electrons. The summed E-state index contributed by atoms with van der Waals surface area (Å²) < 4.78 is 13.2. The maximum absolute atomic E-state index is 13.2. The predicted molar refractivity (Wildman–Crippen MR) is 129 cm³/mol. The molecule has 2 aliphatic rings. The van der Waals surface area contributed by atoms with E-state index in [2.05, 4.69) is 20.1 Å². The van der Waals surface area contributed by atoms with Crippen LogP contribution in [0.2, 0.25) is 0 Å². The van der Waals surface area contributed by atoms with Crippen molar-refractivity contribution in [2.24, 2.45) is 0 Å². The fraction of sp³-hybridized carbons (Fsp3) is 0.231. The first-order chi connectivity index (χ1) is 16.1. The lowest BCUT2D eigenvalue weighted by Gasteiger charge is -2.35. The molecule has 6 nitrogen and oxygen atoms in total. The highest BCUT2D eigenvalue weighted by Gasteiger charge is 2.24. The number of hydrogen-bond acceptors (Lipinski definition) is 4. The van der Waals surface area contributed by atoms with Gasteiger partial charge in [-0.25, -0.2) is 4.39 Å². The molecule has 3 aromatic carbocycles. The third-order valence-corrected chi connectivity index (χ3v) is 6.78. The second-order valence-electron chi connectivity index (χ2n) is 8.77. The zero-order valence-corrected chi connectivity index (χ0v) is 18.0. The molecule has 1 aromatic heterocycles. The van der Waals surface area contributed by atoms with Crippen molar-refractivity contribution in [3.05, 3.63) is 81.9 Å². The zero-order valence-electron chi connectivity index (χ0n) is 18.0. The molecule has 2 N–H and O–H groups in total. The zero-order chi connectivity index (χ0) is 22.5. The average molecular weight is 442 g/mol. The number of anilines is 2. The minimum absolute atomic E-state index is 0.0440. The number of H-pyrrole nitrogens is 1. The Morgan fingerprint density at radius 3 is 2.55 bits per heavy atom. The maximum atomic E-state index is 13.2. The van der Waals surface area contributed by atoms with Crippen LogP contribution in [-0.2, 0) is 11.2 Å². The molecule has 33 heavy (non-hydrogen) atoms. The number of benzene rings is 3. The van der Waals surface area contributed by atoms with Gasteiger partial charge in [-0.05, 0) is 53.6 Å². The molecule has 0 atom stereocenters. The molecular weight excluding hydrogens is 419 g/mol. The van der Waals surface area contributed by atoms with Crippen LogP contribution < -0.4 is 15.8 Å². The van der Waals surface area contributed by atoms with Gasteiger partial charge in [0.1, 0.15) is 5.82 Å². The molecule has 2 heterocycles. The Labute approximate surface area is 189 Å². The van der Waals surface area contributed by atoms with Crippen LogP contribution in [0.3, 0.4) is 0 Å². The average Bonchev–Trinajstić information content (AvgIpc) is 3.22. The quantitative estimate of drug-likeness (QED) is 0.418. The lowest BCUT2D eigenvalue weighted by atomic mass is 10.1. The Balaban J connectivity index is 1.16. The monoisotopic (exact) mass is 442 g/mol. The summed E-state index contributed by atoms with van der Waals surface area (Å²) in [6, 6.07) is 16.1. The number of piperazine rings is 1. The first kappa shape index (κ1) is 19.9. The molecular formula is C26H23FN4O2. The number of carbonyl (C=O) groups is 1. The summed E-state index contributed by atoms with van der Waals surface area (Å²) in [5, 5.41) is 5.84. The number of amides is 1. The molecule has 1 aliphatic carbocycles. The summed E-state index contributed by atoms with van der Waals surface area (Å²) in [5.74, 6) is -0.279. The summed E-state index contributed by atoms with van der Waals surface area (Å²) in [6.07, 6.45) is 0.702. The fourth-order valence-electron chi connectivity index (χ4n) is 5.16. The molecule has 0 unspecified atom stereocenters. The van der Waals surface area contributed by atoms with Crippen molar-refractivity contribution in [2.75, 3.05) is 42.9 Å². The second kappa shape index (κ2) is 7.71. The van der Waals surface area contributed by atoms with E-state index in [4.69, 9.17) is 0 Å². The number of aromatic amines is 1. The van der Waals surface area contributed by atoms with E-state index in [-0.39, 0.29) is 17.3 Å². The summed E-state index contributed by atoms with van der Waals surface area (Å²) in [6.45, 7) is 3.44. The normalized spacial score (nSPS) is 15.6. The third kappa shape index (κ3) is 3.45. The van der Waals surface area contributed by atoms with E-state index in [1.54, 1.807) is 12.1 Å². The van der Waals surface area contributed by atoms with Crippen molar-refractivity contribution in [3.63, 3.8) is 0 Å². The van der Waals surface area contributed by atoms with Crippen molar-refractivity contribution < 1.29 is 9.18 Å². The standard InChI is InChI=1S/C26H23FN4O2/c27-17-4-6-18(7-5-17)31-12-10-30(11-13-31)15-23(32)28-21-8-9-22-25-20(21)14-16-2-1-3-19(24(16)25)26(33)29-22/h1-9H,10-15H2,(H,28,32)(H,29,33). The number of halogens is 1. The first-order valence-corrected chi connectivity index (χ1v) is 11.2. The van der Waals surface area contributed by atoms with Crippen LogP contribution in [0.4, 0.5) is 15.8 Å². The predicted octanol–water partition coefficient (Wildman–Crippen LogP) is 3.49. The molecule has 0 bridgehead atoms. The summed E-state index contributed by atoms with van der Waals surface area (Å²) in [5.41, 5.74) is 4.72. The fourth-order valence-corrected chi connectivity index (χ4v) is 5.16. The van der Waals surface area contributed by atoms with E-state index in [0.717, 1.165) is 65.0 Å². The van der Waals surface area contributed by atoms with E-state index in [9.17, 15) is 14.0 Å². The van der Waals surface area contributed by atoms with Gasteiger partial charge in [-0.2, -0.15) is 0 Å². The first-order valence-electron chi connectivity index (χ1n) is 11.2.